The molecule has 1 saturated heterocycles. The summed E-state index contributed by atoms with van der Waals surface area (Å²) in [6, 6.07) is 7.30. The Hall–Kier alpha value is -2.67. The number of carboxylic acids is 1. The van der Waals surface area contributed by atoms with Crippen molar-refractivity contribution in [3.8, 4) is 5.69 Å². The molecule has 1 aromatic heterocycles. The Labute approximate surface area is 158 Å². The van der Waals surface area contributed by atoms with Gasteiger partial charge in [-0.25, -0.2) is 4.68 Å². The van der Waals surface area contributed by atoms with Crippen LogP contribution in [0.1, 0.15) is 47.1 Å². The molecule has 2 heterocycles. The van der Waals surface area contributed by atoms with Crippen molar-refractivity contribution in [3.05, 3.63) is 46.8 Å². The van der Waals surface area contributed by atoms with Gasteiger partial charge in [0.25, 0.3) is 5.91 Å². The van der Waals surface area contributed by atoms with Crippen LogP contribution in [0.25, 0.3) is 5.69 Å². The molecule has 2 unspecified atom stereocenters. The van der Waals surface area contributed by atoms with Crippen molar-refractivity contribution in [1.82, 2.24) is 15.1 Å². The molecule has 27 heavy (non-hydrogen) atoms. The molecule has 2 aromatic rings. The second-order valence-electron chi connectivity index (χ2n) is 6.95. The fourth-order valence-electron chi connectivity index (χ4n) is 3.45. The molecular weight excluding hydrogens is 346 g/mol. The van der Waals surface area contributed by atoms with Gasteiger partial charge in [0.15, 0.2) is 0 Å². The Morgan fingerprint density at radius 2 is 2.00 bits per heavy atom. The van der Waals surface area contributed by atoms with E-state index in [2.05, 4.69) is 10.4 Å². The van der Waals surface area contributed by atoms with Gasteiger partial charge in [-0.05, 0) is 63.4 Å². The first-order valence-electron chi connectivity index (χ1n) is 9.16. The summed E-state index contributed by atoms with van der Waals surface area (Å²) >= 11 is 0. The number of carboxylic acid groups (broad SMARTS) is 1. The maximum atomic E-state index is 12.4. The number of carbonyl (C=O) groups is 2. The lowest BCUT2D eigenvalue weighted by molar-refractivity contribution is -0.136. The lowest BCUT2D eigenvalue weighted by atomic mass is 10.1. The summed E-state index contributed by atoms with van der Waals surface area (Å²) < 4.78 is 7.27. The van der Waals surface area contributed by atoms with E-state index in [1.807, 2.05) is 32.9 Å². The highest BCUT2D eigenvalue weighted by molar-refractivity contribution is 5.94. The molecule has 2 atom stereocenters. The number of carbonyl (C=O) groups excluding carboxylic acids is 1. The Balaban J connectivity index is 1.74. The first-order chi connectivity index (χ1) is 12.9. The molecule has 1 aliphatic rings. The monoisotopic (exact) mass is 371 g/mol. The highest BCUT2D eigenvalue weighted by atomic mass is 16.5. The van der Waals surface area contributed by atoms with Crippen molar-refractivity contribution in [3.63, 3.8) is 0 Å². The zero-order valence-corrected chi connectivity index (χ0v) is 15.9. The average Bonchev–Trinajstić information content (AvgIpc) is 3.16. The van der Waals surface area contributed by atoms with Crippen molar-refractivity contribution in [2.45, 2.75) is 52.2 Å². The number of hydrogen-bond acceptors (Lipinski definition) is 4. The number of aryl methyl sites for hydroxylation is 1. The number of nitrogens with zero attached hydrogens (tertiary/aromatic N) is 2. The summed E-state index contributed by atoms with van der Waals surface area (Å²) in [5.74, 6) is -0.932. The van der Waals surface area contributed by atoms with Crippen molar-refractivity contribution < 1.29 is 19.4 Å². The number of rotatable bonds is 6. The maximum Gasteiger partial charge on any atom is 0.303 e. The van der Waals surface area contributed by atoms with E-state index in [0.29, 0.717) is 18.6 Å². The minimum Gasteiger partial charge on any atom is -0.481 e. The summed E-state index contributed by atoms with van der Waals surface area (Å²) in [6.45, 7) is 6.45. The van der Waals surface area contributed by atoms with Gasteiger partial charge in [0, 0.05) is 24.3 Å². The largest absolute Gasteiger partial charge is 0.481 e. The molecule has 1 amide bonds. The second-order valence-corrected chi connectivity index (χ2v) is 6.95. The van der Waals surface area contributed by atoms with Gasteiger partial charge < -0.3 is 15.2 Å². The minimum atomic E-state index is -0.820. The predicted octanol–water partition coefficient (Wildman–Crippen LogP) is 2.41. The maximum absolute atomic E-state index is 12.4. The number of hydrogen-bond donors (Lipinski definition) is 2. The molecule has 2 N–H and O–H groups in total. The standard InChI is InChI=1S/C20H25N3O4/c1-12-17(8-9-19(24)25)13(2)23(22-12)16-6-4-15(5-7-16)20(26)21-18-10-11-27-14(18)3/h4-7,14,18H,8-11H2,1-3H3,(H,21,26)(H,24,25). The molecule has 1 fully saturated rings. The number of aliphatic carboxylic acids is 1. The lowest BCUT2D eigenvalue weighted by Crippen LogP contribution is -2.39. The van der Waals surface area contributed by atoms with Gasteiger partial charge >= 0.3 is 5.97 Å². The second kappa shape index (κ2) is 7.92. The predicted molar refractivity (Wildman–Crippen MR) is 100 cm³/mol. The van der Waals surface area contributed by atoms with Crippen molar-refractivity contribution >= 4 is 11.9 Å². The summed E-state index contributed by atoms with van der Waals surface area (Å²) in [7, 11) is 0. The highest BCUT2D eigenvalue weighted by Gasteiger charge is 2.26. The zero-order valence-electron chi connectivity index (χ0n) is 15.9. The van der Waals surface area contributed by atoms with Gasteiger partial charge in [-0.1, -0.05) is 0 Å². The third-order valence-electron chi connectivity index (χ3n) is 5.10. The number of amides is 1. The van der Waals surface area contributed by atoms with Gasteiger partial charge in [0.1, 0.15) is 0 Å². The Kier molecular flexibility index (Phi) is 5.60. The zero-order chi connectivity index (χ0) is 19.6. The van der Waals surface area contributed by atoms with E-state index in [9.17, 15) is 9.59 Å². The molecule has 0 radical (unpaired) electrons. The third-order valence-corrected chi connectivity index (χ3v) is 5.10. The van der Waals surface area contributed by atoms with Crippen molar-refractivity contribution in [2.24, 2.45) is 0 Å². The van der Waals surface area contributed by atoms with Crippen LogP contribution in [0.2, 0.25) is 0 Å². The number of aromatic nitrogens is 2. The number of nitrogens with one attached hydrogen (secondary N) is 1. The third kappa shape index (κ3) is 4.19. The van der Waals surface area contributed by atoms with Crippen LogP contribution in [0, 0.1) is 13.8 Å². The van der Waals surface area contributed by atoms with Crippen LogP contribution in [0.3, 0.4) is 0 Å². The first-order valence-corrected chi connectivity index (χ1v) is 9.16. The molecule has 1 aromatic carbocycles. The van der Waals surface area contributed by atoms with Gasteiger partial charge in [0.2, 0.25) is 0 Å². The van der Waals surface area contributed by atoms with Gasteiger partial charge in [-0.3, -0.25) is 9.59 Å². The lowest BCUT2D eigenvalue weighted by Gasteiger charge is -2.16. The molecule has 1 aliphatic heterocycles. The summed E-state index contributed by atoms with van der Waals surface area (Å²) in [4.78, 5) is 23.3. The molecule has 0 bridgehead atoms. The molecule has 3 rings (SSSR count). The average molecular weight is 371 g/mol. The summed E-state index contributed by atoms with van der Waals surface area (Å²) in [6.07, 6.45) is 1.40. The van der Waals surface area contributed by atoms with E-state index in [0.717, 1.165) is 29.1 Å². The van der Waals surface area contributed by atoms with Crippen LogP contribution in [0.15, 0.2) is 24.3 Å². The highest BCUT2D eigenvalue weighted by Crippen LogP contribution is 2.20. The van der Waals surface area contributed by atoms with Crippen molar-refractivity contribution in [1.29, 1.82) is 0 Å². The summed E-state index contributed by atoms with van der Waals surface area (Å²) in [5, 5.41) is 16.5. The SMILES string of the molecule is Cc1nn(-c2ccc(C(=O)NC3CCOC3C)cc2)c(C)c1CCC(=O)O. The fraction of sp³-hybridized carbons (Fsp3) is 0.450. The first kappa shape index (κ1) is 19.1. The van der Waals surface area contributed by atoms with Crippen molar-refractivity contribution in [2.75, 3.05) is 6.61 Å². The Morgan fingerprint density at radius 1 is 1.30 bits per heavy atom. The van der Waals surface area contributed by atoms with Crippen LogP contribution in [0.5, 0.6) is 0 Å². The van der Waals surface area contributed by atoms with Crippen LogP contribution in [-0.4, -0.2) is 45.5 Å². The van der Waals surface area contributed by atoms with E-state index < -0.39 is 5.97 Å². The van der Waals surface area contributed by atoms with Crippen LogP contribution in [0.4, 0.5) is 0 Å². The van der Waals surface area contributed by atoms with E-state index in [-0.39, 0.29) is 24.5 Å². The molecule has 7 heteroatoms. The molecular formula is C20H25N3O4. The quantitative estimate of drug-likeness (QED) is 0.813. The minimum absolute atomic E-state index is 0.0344. The van der Waals surface area contributed by atoms with Gasteiger partial charge in [-0.15, -0.1) is 0 Å². The summed E-state index contributed by atoms with van der Waals surface area (Å²) in [5.41, 5.74) is 4.12. The fourth-order valence-corrected chi connectivity index (χ4v) is 3.45. The van der Waals surface area contributed by atoms with E-state index in [4.69, 9.17) is 9.84 Å². The van der Waals surface area contributed by atoms with Gasteiger partial charge in [-0.2, -0.15) is 5.10 Å². The number of ether oxygens (including phenoxy) is 1. The van der Waals surface area contributed by atoms with E-state index in [1.165, 1.54) is 0 Å². The molecule has 0 saturated carbocycles. The Bertz CT molecular complexity index is 842. The smallest absolute Gasteiger partial charge is 0.303 e. The molecule has 0 aliphatic carbocycles. The van der Waals surface area contributed by atoms with Crippen LogP contribution >= 0.6 is 0 Å². The normalized spacial score (nSPS) is 19.2. The van der Waals surface area contributed by atoms with Crippen LogP contribution < -0.4 is 5.32 Å². The molecule has 7 nitrogen and oxygen atoms in total. The topological polar surface area (TPSA) is 93.5 Å². The molecule has 144 valence electrons. The van der Waals surface area contributed by atoms with E-state index in [1.54, 1.807) is 16.8 Å². The van der Waals surface area contributed by atoms with Crippen LogP contribution in [-0.2, 0) is 16.0 Å². The van der Waals surface area contributed by atoms with Gasteiger partial charge in [0.05, 0.1) is 23.5 Å². The van der Waals surface area contributed by atoms with E-state index >= 15 is 0 Å². The Morgan fingerprint density at radius 3 is 2.59 bits per heavy atom. The number of benzene rings is 1. The molecule has 0 spiro atoms.